The summed E-state index contributed by atoms with van der Waals surface area (Å²) >= 11 is 6.17. The van der Waals surface area contributed by atoms with Gasteiger partial charge >= 0.3 is 6.09 Å². The average molecular weight is 516 g/mol. The largest absolute Gasteiger partial charge is 0.448 e. The van der Waals surface area contributed by atoms with E-state index < -0.39 is 10.0 Å². The van der Waals surface area contributed by atoms with Crippen LogP contribution in [0.5, 0.6) is 0 Å². The Bertz CT molecular complexity index is 1230. The highest BCUT2D eigenvalue weighted by molar-refractivity contribution is 7.89. The summed E-state index contributed by atoms with van der Waals surface area (Å²) in [6.07, 6.45) is 3.98. The molecule has 0 saturated carbocycles. The van der Waals surface area contributed by atoms with Crippen LogP contribution in [0.15, 0.2) is 47.4 Å². The molecule has 0 radical (unpaired) electrons. The zero-order valence-corrected chi connectivity index (χ0v) is 21.2. The summed E-state index contributed by atoms with van der Waals surface area (Å²) in [5, 5.41) is 0.537. The first-order valence-electron chi connectivity index (χ1n) is 12.5. The number of fused-ring (bicyclic) bond motifs is 4. The second-order valence-corrected chi connectivity index (χ2v) is 12.4. The topological polar surface area (TPSA) is 70.2 Å². The summed E-state index contributed by atoms with van der Waals surface area (Å²) in [6, 6.07) is 13.2. The Morgan fingerprint density at radius 3 is 2.57 bits per heavy atom. The molecule has 4 aliphatic heterocycles. The highest BCUT2D eigenvalue weighted by atomic mass is 35.5. The van der Waals surface area contributed by atoms with Crippen molar-refractivity contribution in [3.8, 4) is 0 Å². The third-order valence-electron chi connectivity index (χ3n) is 8.00. The van der Waals surface area contributed by atoms with Crippen molar-refractivity contribution in [1.29, 1.82) is 0 Å². The molecular formula is C26H30ClN3O4S. The van der Waals surface area contributed by atoms with Gasteiger partial charge in [0, 0.05) is 37.2 Å². The lowest BCUT2D eigenvalue weighted by Gasteiger charge is -2.38. The van der Waals surface area contributed by atoms with Gasteiger partial charge in [-0.15, -0.1) is 0 Å². The molecule has 9 heteroatoms. The van der Waals surface area contributed by atoms with E-state index in [-0.39, 0.29) is 24.8 Å². The number of nitrogens with zero attached hydrogens (tertiary/aromatic N) is 3. The number of carbonyl (C=O) groups is 1. The van der Waals surface area contributed by atoms with Gasteiger partial charge in [0.25, 0.3) is 0 Å². The van der Waals surface area contributed by atoms with Gasteiger partial charge in [-0.25, -0.2) is 13.2 Å². The van der Waals surface area contributed by atoms with Crippen LogP contribution < -0.4 is 0 Å². The number of ether oxygens (including phenoxy) is 1. The van der Waals surface area contributed by atoms with E-state index in [0.717, 1.165) is 44.3 Å². The predicted octanol–water partition coefficient (Wildman–Crippen LogP) is 4.55. The number of likely N-dealkylation sites (tertiary alicyclic amines) is 1. The Hall–Kier alpha value is -2.13. The van der Waals surface area contributed by atoms with Crippen molar-refractivity contribution in [1.82, 2.24) is 14.1 Å². The van der Waals surface area contributed by atoms with Crippen molar-refractivity contribution >= 4 is 27.7 Å². The van der Waals surface area contributed by atoms with E-state index in [1.165, 1.54) is 11.1 Å². The molecule has 0 aromatic heterocycles. The first kappa shape index (κ1) is 23.3. The highest BCUT2D eigenvalue weighted by Crippen LogP contribution is 2.47. The van der Waals surface area contributed by atoms with Gasteiger partial charge in [-0.2, -0.15) is 4.31 Å². The Balaban J connectivity index is 1.10. The van der Waals surface area contributed by atoms with Crippen molar-refractivity contribution in [3.05, 3.63) is 64.2 Å². The van der Waals surface area contributed by atoms with Gasteiger partial charge in [0.15, 0.2) is 0 Å². The lowest BCUT2D eigenvalue weighted by atomic mass is 9.94. The van der Waals surface area contributed by atoms with E-state index in [4.69, 9.17) is 16.3 Å². The van der Waals surface area contributed by atoms with E-state index in [0.29, 0.717) is 35.5 Å². The quantitative estimate of drug-likeness (QED) is 0.599. The van der Waals surface area contributed by atoms with E-state index in [1.807, 2.05) is 0 Å². The Kier molecular flexibility index (Phi) is 6.03. The Morgan fingerprint density at radius 2 is 1.80 bits per heavy atom. The standard InChI is InChI=1S/C26H30ClN3O4S/c27-20-10-11-25-23(13-20)24-9-3-7-22(30(24)35(25,32)33)17-34-26(31)28-12-4-8-21(16-28)29-14-18-5-1-2-6-19(18)15-29/h1-2,5-6,10-11,13,21-22,24H,3-4,7-9,12,14-17H2/t21?,22-,24+/m1/s1. The summed E-state index contributed by atoms with van der Waals surface area (Å²) < 4.78 is 33.9. The minimum Gasteiger partial charge on any atom is -0.448 e. The normalized spacial score (nSPS) is 27.8. The van der Waals surface area contributed by atoms with Crippen molar-refractivity contribution in [2.75, 3.05) is 19.7 Å². The number of amides is 1. The van der Waals surface area contributed by atoms with Gasteiger partial charge in [-0.1, -0.05) is 35.9 Å². The second-order valence-electron chi connectivity index (χ2n) is 10.1. The van der Waals surface area contributed by atoms with Crippen LogP contribution in [0.2, 0.25) is 5.02 Å². The molecule has 0 aliphatic carbocycles. The van der Waals surface area contributed by atoms with Crippen molar-refractivity contribution in [2.24, 2.45) is 0 Å². The monoisotopic (exact) mass is 515 g/mol. The van der Waals surface area contributed by atoms with Crippen LogP contribution in [0.4, 0.5) is 4.79 Å². The number of rotatable bonds is 3. The Labute approximate surface area is 211 Å². The Morgan fingerprint density at radius 1 is 1.03 bits per heavy atom. The number of benzene rings is 2. The fraction of sp³-hybridized carbons (Fsp3) is 0.500. The van der Waals surface area contributed by atoms with Crippen LogP contribution in [-0.2, 0) is 27.8 Å². The summed E-state index contributed by atoms with van der Waals surface area (Å²) in [6.45, 7) is 3.24. The number of halogens is 1. The minimum atomic E-state index is -3.63. The maximum Gasteiger partial charge on any atom is 0.409 e. The van der Waals surface area contributed by atoms with Gasteiger partial charge in [0.2, 0.25) is 10.0 Å². The first-order chi connectivity index (χ1) is 16.9. The summed E-state index contributed by atoms with van der Waals surface area (Å²) in [4.78, 5) is 17.6. The van der Waals surface area contributed by atoms with Crippen molar-refractivity contribution in [3.63, 3.8) is 0 Å². The smallest absolute Gasteiger partial charge is 0.409 e. The van der Waals surface area contributed by atoms with E-state index in [1.54, 1.807) is 27.4 Å². The average Bonchev–Trinajstić information content (AvgIpc) is 3.40. The SMILES string of the molecule is O=C(OC[C@H]1CCC[C@H]2c3cc(Cl)ccc3S(=O)(=O)N12)N1CCCC(N2Cc3ccccc3C2)C1. The molecule has 0 bridgehead atoms. The number of piperidine rings is 2. The van der Waals surface area contributed by atoms with E-state index >= 15 is 0 Å². The van der Waals surface area contributed by atoms with Crippen LogP contribution in [-0.4, -0.2) is 60.4 Å². The molecule has 186 valence electrons. The van der Waals surface area contributed by atoms with Crippen LogP contribution in [0.25, 0.3) is 0 Å². The maximum absolute atomic E-state index is 13.3. The number of hydrogen-bond donors (Lipinski definition) is 0. The minimum absolute atomic E-state index is 0.0760. The molecule has 4 aliphatic rings. The van der Waals surface area contributed by atoms with Crippen LogP contribution in [0.1, 0.15) is 54.8 Å². The highest BCUT2D eigenvalue weighted by Gasteiger charge is 2.48. The molecule has 1 amide bonds. The lowest BCUT2D eigenvalue weighted by Crippen LogP contribution is -2.49. The molecule has 35 heavy (non-hydrogen) atoms. The summed E-state index contributed by atoms with van der Waals surface area (Å²) in [7, 11) is -3.63. The third kappa shape index (κ3) is 4.14. The third-order valence-corrected chi connectivity index (χ3v) is 10.3. The number of hydrogen-bond acceptors (Lipinski definition) is 5. The summed E-state index contributed by atoms with van der Waals surface area (Å²) in [5.41, 5.74) is 3.50. The van der Waals surface area contributed by atoms with Crippen LogP contribution >= 0.6 is 11.6 Å². The molecule has 0 N–H and O–H groups in total. The molecule has 0 spiro atoms. The molecule has 6 rings (SSSR count). The molecule has 2 aromatic rings. The van der Waals surface area contributed by atoms with Gasteiger partial charge in [-0.05, 0) is 67.0 Å². The molecule has 2 saturated heterocycles. The molecular weight excluding hydrogens is 486 g/mol. The fourth-order valence-corrected chi connectivity index (χ4v) is 8.55. The van der Waals surface area contributed by atoms with Crippen molar-refractivity contribution in [2.45, 2.75) is 68.2 Å². The van der Waals surface area contributed by atoms with Crippen molar-refractivity contribution < 1.29 is 17.9 Å². The molecule has 7 nitrogen and oxygen atoms in total. The van der Waals surface area contributed by atoms with Gasteiger partial charge < -0.3 is 9.64 Å². The zero-order valence-electron chi connectivity index (χ0n) is 19.6. The molecule has 3 atom stereocenters. The molecule has 1 unspecified atom stereocenters. The van der Waals surface area contributed by atoms with Crippen LogP contribution in [0.3, 0.4) is 0 Å². The predicted molar refractivity (Wildman–Crippen MR) is 132 cm³/mol. The molecule has 4 heterocycles. The van der Waals surface area contributed by atoms with E-state index in [2.05, 4.69) is 29.2 Å². The van der Waals surface area contributed by atoms with E-state index in [9.17, 15) is 13.2 Å². The summed E-state index contributed by atoms with van der Waals surface area (Å²) in [5.74, 6) is 0. The second kappa shape index (κ2) is 9.07. The maximum atomic E-state index is 13.3. The number of sulfonamides is 1. The zero-order chi connectivity index (χ0) is 24.2. The van der Waals surface area contributed by atoms with Gasteiger partial charge in [0.05, 0.1) is 17.0 Å². The molecule has 2 aromatic carbocycles. The number of carbonyl (C=O) groups excluding carboxylic acids is 1. The lowest BCUT2D eigenvalue weighted by molar-refractivity contribution is 0.0433. The fourth-order valence-electron chi connectivity index (χ4n) is 6.29. The first-order valence-corrected chi connectivity index (χ1v) is 14.3. The van der Waals surface area contributed by atoms with Crippen LogP contribution in [0, 0.1) is 0 Å². The van der Waals surface area contributed by atoms with Gasteiger partial charge in [-0.3, -0.25) is 4.90 Å². The van der Waals surface area contributed by atoms with Gasteiger partial charge in [0.1, 0.15) is 6.61 Å². The molecule has 2 fully saturated rings.